The predicted molar refractivity (Wildman–Crippen MR) is 105 cm³/mol. The van der Waals surface area contributed by atoms with Gasteiger partial charge in [0, 0.05) is 51.3 Å². The zero-order chi connectivity index (χ0) is 18.8. The van der Waals surface area contributed by atoms with Crippen molar-refractivity contribution in [1.29, 1.82) is 0 Å². The van der Waals surface area contributed by atoms with E-state index in [2.05, 4.69) is 32.8 Å². The lowest BCUT2D eigenvalue weighted by Crippen LogP contribution is -2.49. The van der Waals surface area contributed by atoms with Gasteiger partial charge >= 0.3 is 0 Å². The SMILES string of the molecule is CCNC(=NCCNC(=O)C(C)C)NC1CCN(CC2CCOC2)CC1. The van der Waals surface area contributed by atoms with Gasteiger partial charge in [0.05, 0.1) is 13.2 Å². The molecular weight excluding hydrogens is 330 g/mol. The lowest BCUT2D eigenvalue weighted by Gasteiger charge is -2.34. The number of nitrogens with one attached hydrogen (secondary N) is 3. The lowest BCUT2D eigenvalue weighted by molar-refractivity contribution is -0.123. The maximum Gasteiger partial charge on any atom is 0.222 e. The molecule has 2 rings (SSSR count). The van der Waals surface area contributed by atoms with Crippen LogP contribution in [0.25, 0.3) is 0 Å². The summed E-state index contributed by atoms with van der Waals surface area (Å²) in [6.45, 7) is 13.2. The van der Waals surface area contributed by atoms with E-state index in [9.17, 15) is 4.79 Å². The number of ether oxygens (including phenoxy) is 1. The number of carbonyl (C=O) groups is 1. The summed E-state index contributed by atoms with van der Waals surface area (Å²) < 4.78 is 5.48. The number of hydrogen-bond acceptors (Lipinski definition) is 4. The molecular formula is C19H37N5O2. The number of amides is 1. The summed E-state index contributed by atoms with van der Waals surface area (Å²) in [6.07, 6.45) is 3.49. The molecule has 0 aromatic rings. The summed E-state index contributed by atoms with van der Waals surface area (Å²) >= 11 is 0. The van der Waals surface area contributed by atoms with Gasteiger partial charge in [0.1, 0.15) is 0 Å². The molecule has 0 aliphatic carbocycles. The largest absolute Gasteiger partial charge is 0.381 e. The molecule has 2 aliphatic rings. The highest BCUT2D eigenvalue weighted by Crippen LogP contribution is 2.17. The third-order valence-electron chi connectivity index (χ3n) is 5.02. The summed E-state index contributed by atoms with van der Waals surface area (Å²) in [5, 5.41) is 9.77. The summed E-state index contributed by atoms with van der Waals surface area (Å²) in [6, 6.07) is 0.467. The fourth-order valence-electron chi connectivity index (χ4n) is 3.42. The van der Waals surface area contributed by atoms with Crippen molar-refractivity contribution in [1.82, 2.24) is 20.9 Å². The first-order valence-electron chi connectivity index (χ1n) is 10.2. The van der Waals surface area contributed by atoms with E-state index in [-0.39, 0.29) is 11.8 Å². The van der Waals surface area contributed by atoms with Crippen LogP contribution in [0.1, 0.15) is 40.0 Å². The fourth-order valence-corrected chi connectivity index (χ4v) is 3.42. The average molecular weight is 368 g/mol. The standard InChI is InChI=1S/C19H37N5O2/c1-4-20-19(22-9-8-21-18(25)15(2)3)23-17-5-10-24(11-6-17)13-16-7-12-26-14-16/h15-17H,4-14H2,1-3H3,(H,21,25)(H2,20,22,23). The Bertz CT molecular complexity index is 441. The molecule has 0 radical (unpaired) electrons. The van der Waals surface area contributed by atoms with Crippen molar-refractivity contribution in [2.45, 2.75) is 46.1 Å². The first-order chi connectivity index (χ1) is 12.6. The third kappa shape index (κ3) is 7.50. The second kappa shape index (κ2) is 11.4. The van der Waals surface area contributed by atoms with Crippen molar-refractivity contribution in [3.63, 3.8) is 0 Å². The molecule has 26 heavy (non-hydrogen) atoms. The van der Waals surface area contributed by atoms with E-state index >= 15 is 0 Å². The van der Waals surface area contributed by atoms with Crippen LogP contribution in [0.2, 0.25) is 0 Å². The predicted octanol–water partition coefficient (Wildman–Crippen LogP) is 0.815. The molecule has 150 valence electrons. The maximum absolute atomic E-state index is 11.6. The normalized spacial score (nSPS) is 22.6. The van der Waals surface area contributed by atoms with Crippen molar-refractivity contribution >= 4 is 11.9 Å². The van der Waals surface area contributed by atoms with E-state index in [1.54, 1.807) is 0 Å². The van der Waals surface area contributed by atoms with Gasteiger partial charge in [0.2, 0.25) is 5.91 Å². The van der Waals surface area contributed by atoms with Gasteiger partial charge in [-0.15, -0.1) is 0 Å². The maximum atomic E-state index is 11.6. The Morgan fingerprint density at radius 3 is 2.62 bits per heavy atom. The monoisotopic (exact) mass is 367 g/mol. The smallest absolute Gasteiger partial charge is 0.222 e. The Morgan fingerprint density at radius 2 is 2.00 bits per heavy atom. The van der Waals surface area contributed by atoms with Gasteiger partial charge in [-0.1, -0.05) is 13.8 Å². The Hall–Kier alpha value is -1.34. The minimum atomic E-state index is 0.0197. The third-order valence-corrected chi connectivity index (χ3v) is 5.02. The molecule has 2 fully saturated rings. The Balaban J connectivity index is 1.68. The van der Waals surface area contributed by atoms with Gasteiger partial charge in [-0.05, 0) is 32.1 Å². The van der Waals surface area contributed by atoms with Crippen molar-refractivity contribution in [2.24, 2.45) is 16.8 Å². The summed E-state index contributed by atoms with van der Waals surface area (Å²) in [4.78, 5) is 18.7. The number of carbonyl (C=O) groups excluding carboxylic acids is 1. The molecule has 1 amide bonds. The summed E-state index contributed by atoms with van der Waals surface area (Å²) in [7, 11) is 0. The molecule has 2 heterocycles. The topological polar surface area (TPSA) is 78.0 Å². The van der Waals surface area contributed by atoms with Crippen molar-refractivity contribution in [3.8, 4) is 0 Å². The highest BCUT2D eigenvalue weighted by molar-refractivity contribution is 5.80. The molecule has 2 saturated heterocycles. The van der Waals surface area contributed by atoms with Gasteiger partial charge in [-0.25, -0.2) is 0 Å². The number of likely N-dealkylation sites (tertiary alicyclic amines) is 1. The van der Waals surface area contributed by atoms with Gasteiger partial charge in [-0.3, -0.25) is 9.79 Å². The quantitative estimate of drug-likeness (QED) is 0.336. The van der Waals surface area contributed by atoms with Crippen LogP contribution in [-0.4, -0.2) is 75.3 Å². The van der Waals surface area contributed by atoms with E-state index in [1.807, 2.05) is 13.8 Å². The molecule has 0 aromatic carbocycles. The fraction of sp³-hybridized carbons (Fsp3) is 0.895. The number of hydrogen-bond donors (Lipinski definition) is 3. The van der Waals surface area contributed by atoms with E-state index in [0.29, 0.717) is 19.1 Å². The van der Waals surface area contributed by atoms with Crippen molar-refractivity contribution < 1.29 is 9.53 Å². The number of aliphatic imine (C=N–C) groups is 1. The van der Waals surface area contributed by atoms with E-state index in [1.165, 1.54) is 13.0 Å². The molecule has 7 heteroatoms. The number of rotatable bonds is 8. The molecule has 2 aliphatic heterocycles. The molecule has 0 spiro atoms. The van der Waals surface area contributed by atoms with Crippen LogP contribution in [0.15, 0.2) is 4.99 Å². The van der Waals surface area contributed by atoms with Crippen LogP contribution in [0.5, 0.6) is 0 Å². The zero-order valence-electron chi connectivity index (χ0n) is 16.7. The Morgan fingerprint density at radius 1 is 1.23 bits per heavy atom. The van der Waals surface area contributed by atoms with E-state index in [4.69, 9.17) is 4.74 Å². The molecule has 0 aromatic heterocycles. The second-order valence-corrected chi connectivity index (χ2v) is 7.66. The first kappa shape index (κ1) is 21.0. The van der Waals surface area contributed by atoms with Crippen molar-refractivity contribution in [2.75, 3.05) is 52.5 Å². The highest BCUT2D eigenvalue weighted by Gasteiger charge is 2.24. The summed E-state index contributed by atoms with van der Waals surface area (Å²) in [5.41, 5.74) is 0. The number of piperidine rings is 1. The van der Waals surface area contributed by atoms with Crippen molar-refractivity contribution in [3.05, 3.63) is 0 Å². The number of nitrogens with zero attached hydrogens (tertiary/aromatic N) is 2. The Kier molecular flexibility index (Phi) is 9.18. The average Bonchev–Trinajstić information content (AvgIpc) is 3.13. The Labute approximate surface area is 158 Å². The number of guanidine groups is 1. The van der Waals surface area contributed by atoms with Crippen LogP contribution >= 0.6 is 0 Å². The van der Waals surface area contributed by atoms with Gasteiger partial charge in [0.15, 0.2) is 5.96 Å². The van der Waals surface area contributed by atoms with E-state index in [0.717, 1.165) is 57.6 Å². The molecule has 1 atom stereocenters. The lowest BCUT2D eigenvalue weighted by atomic mass is 10.0. The first-order valence-corrected chi connectivity index (χ1v) is 10.2. The van der Waals surface area contributed by atoms with Gasteiger partial charge < -0.3 is 25.6 Å². The van der Waals surface area contributed by atoms with Gasteiger partial charge in [0.25, 0.3) is 0 Å². The molecule has 0 saturated carbocycles. The summed E-state index contributed by atoms with van der Waals surface area (Å²) in [5.74, 6) is 1.68. The van der Waals surface area contributed by atoms with Crippen LogP contribution in [0, 0.1) is 11.8 Å². The van der Waals surface area contributed by atoms with Gasteiger partial charge in [-0.2, -0.15) is 0 Å². The molecule has 0 bridgehead atoms. The van der Waals surface area contributed by atoms with Crippen LogP contribution in [0.4, 0.5) is 0 Å². The molecule has 1 unspecified atom stereocenters. The second-order valence-electron chi connectivity index (χ2n) is 7.66. The molecule has 3 N–H and O–H groups in total. The van der Waals surface area contributed by atoms with Crippen LogP contribution in [-0.2, 0) is 9.53 Å². The minimum Gasteiger partial charge on any atom is -0.381 e. The zero-order valence-corrected chi connectivity index (χ0v) is 16.7. The van der Waals surface area contributed by atoms with Crippen LogP contribution in [0.3, 0.4) is 0 Å². The minimum absolute atomic E-state index is 0.0197. The molecule has 7 nitrogen and oxygen atoms in total. The van der Waals surface area contributed by atoms with Crippen LogP contribution < -0.4 is 16.0 Å². The van der Waals surface area contributed by atoms with E-state index < -0.39 is 0 Å². The highest BCUT2D eigenvalue weighted by atomic mass is 16.5.